The van der Waals surface area contributed by atoms with Crippen LogP contribution in [0.1, 0.15) is 31.9 Å². The molecule has 0 saturated carbocycles. The minimum absolute atomic E-state index is 0.0236. The number of carbonyl (C=O) groups excluding carboxylic acids is 2. The number of halogens is 2. The molecular formula is C25H32Cl2N4O6S2. The fourth-order valence-corrected chi connectivity index (χ4v) is 6.83. The quantitative estimate of drug-likeness (QED) is 0.366. The number of sulfonamides is 1. The summed E-state index contributed by atoms with van der Waals surface area (Å²) in [6, 6.07) is 8.76. The first kappa shape index (κ1) is 31.3. The molecule has 0 atom stereocenters. The second-order valence-corrected chi connectivity index (χ2v) is 14.2. The van der Waals surface area contributed by atoms with E-state index >= 15 is 0 Å². The molecule has 0 aliphatic carbocycles. The monoisotopic (exact) mass is 618 g/mol. The molecule has 10 nitrogen and oxygen atoms in total. The van der Waals surface area contributed by atoms with Crippen molar-refractivity contribution in [2.45, 2.75) is 37.8 Å². The highest BCUT2D eigenvalue weighted by Gasteiger charge is 2.29. The van der Waals surface area contributed by atoms with Crippen LogP contribution in [-0.4, -0.2) is 92.9 Å². The number of amides is 2. The van der Waals surface area contributed by atoms with E-state index in [-0.39, 0.29) is 39.2 Å². The normalized spacial score (nSPS) is 14.1. The van der Waals surface area contributed by atoms with Crippen molar-refractivity contribution in [2.24, 2.45) is 4.99 Å². The molecule has 2 aromatic rings. The Balaban J connectivity index is 1.47. The Hall–Kier alpha value is -2.22. The molecule has 0 spiro atoms. The average Bonchev–Trinajstić information content (AvgIpc) is 3.47. The number of likely N-dealkylation sites (N-methyl/N-ethyl adjacent to an activating group) is 2. The number of ether oxygens (including phenoxy) is 2. The fraction of sp³-hybridized carbons (Fsp3) is 0.480. The van der Waals surface area contributed by atoms with Gasteiger partial charge in [0, 0.05) is 32.7 Å². The molecule has 3 rings (SSSR count). The predicted molar refractivity (Wildman–Crippen MR) is 152 cm³/mol. The molecule has 39 heavy (non-hydrogen) atoms. The van der Waals surface area contributed by atoms with Gasteiger partial charge in [-0.1, -0.05) is 47.5 Å². The third kappa shape index (κ3) is 8.38. The number of hydrogen-bond acceptors (Lipinski definition) is 8. The van der Waals surface area contributed by atoms with Crippen LogP contribution < -0.4 is 0 Å². The third-order valence-electron chi connectivity index (χ3n) is 5.60. The molecule has 0 saturated heterocycles. The maximum Gasteiger partial charge on any atom is 0.416 e. The van der Waals surface area contributed by atoms with Crippen LogP contribution in [0.25, 0.3) is 0 Å². The van der Waals surface area contributed by atoms with Crippen LogP contribution in [0.2, 0.25) is 8.67 Å². The van der Waals surface area contributed by atoms with Gasteiger partial charge in [-0.2, -0.15) is 4.31 Å². The Morgan fingerprint density at radius 3 is 2.41 bits per heavy atom. The maximum absolute atomic E-state index is 12.6. The van der Waals surface area contributed by atoms with E-state index in [2.05, 4.69) is 4.99 Å². The van der Waals surface area contributed by atoms with Gasteiger partial charge in [0.1, 0.15) is 27.3 Å². The Morgan fingerprint density at radius 1 is 1.15 bits per heavy atom. The van der Waals surface area contributed by atoms with E-state index in [0.29, 0.717) is 25.5 Å². The van der Waals surface area contributed by atoms with Crippen molar-refractivity contribution in [3.05, 3.63) is 50.1 Å². The number of carbonyl (C=O) groups is 2. The Bertz CT molecular complexity index is 1320. The van der Waals surface area contributed by atoms with Crippen molar-refractivity contribution < 1.29 is 27.5 Å². The molecule has 0 fully saturated rings. The molecule has 2 amide bonds. The van der Waals surface area contributed by atoms with Crippen LogP contribution in [0.5, 0.6) is 0 Å². The van der Waals surface area contributed by atoms with E-state index in [0.717, 1.165) is 26.8 Å². The summed E-state index contributed by atoms with van der Waals surface area (Å²) >= 11 is 12.8. The molecular weight excluding hydrogens is 587 g/mol. The number of hydrogen-bond donors (Lipinski definition) is 0. The van der Waals surface area contributed by atoms with Gasteiger partial charge in [0.25, 0.3) is 0 Å². The van der Waals surface area contributed by atoms with Gasteiger partial charge in [-0.25, -0.2) is 13.2 Å². The number of rotatable bonds is 10. The first-order valence-electron chi connectivity index (χ1n) is 12.1. The van der Waals surface area contributed by atoms with Crippen molar-refractivity contribution in [2.75, 3.05) is 46.9 Å². The summed E-state index contributed by atoms with van der Waals surface area (Å²) in [6.45, 7) is 6.62. The van der Waals surface area contributed by atoms with Crippen molar-refractivity contribution in [1.82, 2.24) is 14.1 Å². The zero-order valence-corrected chi connectivity index (χ0v) is 25.6. The van der Waals surface area contributed by atoms with Gasteiger partial charge in [-0.15, -0.1) is 11.3 Å². The number of aliphatic imine (C=N–C) groups is 1. The number of nitrogens with zero attached hydrogens (tertiary/aromatic N) is 4. The molecule has 1 aliphatic heterocycles. The van der Waals surface area contributed by atoms with E-state index in [4.69, 9.17) is 32.7 Å². The molecule has 1 aromatic carbocycles. The number of thiophene rings is 1. The van der Waals surface area contributed by atoms with Crippen LogP contribution in [0.3, 0.4) is 0 Å². The summed E-state index contributed by atoms with van der Waals surface area (Å²) < 4.78 is 37.7. The summed E-state index contributed by atoms with van der Waals surface area (Å²) in [6.07, 6.45) is -0.434. The molecule has 0 unspecified atom stereocenters. The Kier molecular flexibility index (Phi) is 10.4. The third-order valence-corrected chi connectivity index (χ3v) is 9.21. The molecule has 2 heterocycles. The zero-order chi connectivity index (χ0) is 29.0. The summed E-state index contributed by atoms with van der Waals surface area (Å²) in [5, 5.41) is 0. The highest BCUT2D eigenvalue weighted by atomic mass is 35.5. The lowest BCUT2D eigenvalue weighted by Gasteiger charge is -2.25. The van der Waals surface area contributed by atoms with Crippen LogP contribution in [0.4, 0.5) is 4.79 Å². The minimum atomic E-state index is -3.82. The Morgan fingerprint density at radius 2 is 1.82 bits per heavy atom. The molecule has 0 bridgehead atoms. The van der Waals surface area contributed by atoms with Gasteiger partial charge < -0.3 is 14.4 Å². The minimum Gasteiger partial charge on any atom is -0.443 e. The lowest BCUT2D eigenvalue weighted by atomic mass is 10.1. The van der Waals surface area contributed by atoms with Crippen molar-refractivity contribution >= 4 is 62.4 Å². The molecule has 214 valence electrons. The average molecular weight is 620 g/mol. The highest BCUT2D eigenvalue weighted by molar-refractivity contribution is 7.89. The maximum atomic E-state index is 12.6. The van der Waals surface area contributed by atoms with Crippen molar-refractivity contribution in [3.8, 4) is 0 Å². The van der Waals surface area contributed by atoms with Gasteiger partial charge >= 0.3 is 6.09 Å². The summed E-state index contributed by atoms with van der Waals surface area (Å²) in [5.41, 5.74) is 1.06. The topological polar surface area (TPSA) is 109 Å². The number of amidine groups is 1. The van der Waals surface area contributed by atoms with E-state index < -0.39 is 21.7 Å². The number of benzene rings is 1. The fourth-order valence-electron chi connectivity index (χ4n) is 3.56. The van der Waals surface area contributed by atoms with Gasteiger partial charge in [0.05, 0.1) is 24.0 Å². The summed E-state index contributed by atoms with van der Waals surface area (Å²) in [7, 11) is -0.757. The van der Waals surface area contributed by atoms with Crippen molar-refractivity contribution in [3.63, 3.8) is 0 Å². The smallest absolute Gasteiger partial charge is 0.416 e. The van der Waals surface area contributed by atoms with Crippen molar-refractivity contribution in [1.29, 1.82) is 0 Å². The van der Waals surface area contributed by atoms with E-state index in [9.17, 15) is 18.0 Å². The van der Waals surface area contributed by atoms with Gasteiger partial charge in [-0.3, -0.25) is 14.7 Å². The highest BCUT2D eigenvalue weighted by Crippen LogP contribution is 2.35. The van der Waals surface area contributed by atoms with Crippen LogP contribution in [-0.2, 0) is 30.8 Å². The molecule has 1 aromatic heterocycles. The zero-order valence-electron chi connectivity index (χ0n) is 22.4. The van der Waals surface area contributed by atoms with E-state index in [1.54, 1.807) is 7.05 Å². The van der Waals surface area contributed by atoms with E-state index in [1.165, 1.54) is 22.9 Å². The van der Waals surface area contributed by atoms with Crippen LogP contribution >= 0.6 is 34.5 Å². The van der Waals surface area contributed by atoms with Gasteiger partial charge in [0.15, 0.2) is 0 Å². The summed E-state index contributed by atoms with van der Waals surface area (Å²) in [4.78, 5) is 32.5. The lowest BCUT2D eigenvalue weighted by molar-refractivity contribution is -0.135. The Labute approximate surface area is 243 Å². The van der Waals surface area contributed by atoms with Crippen LogP contribution in [0, 0.1) is 0 Å². The second kappa shape index (κ2) is 13.0. The standard InChI is InChI=1S/C25H32Cl2N4O6S2/c1-25(2,3)37-24(33)31-11-10-28-23(31)18-8-6-17(7-9-18)15-29(4)21(32)16-36-13-12-30(5)39(34,35)19-14-20(26)38-22(19)27/h6-9,14H,10-13,15-16H2,1-5H3. The van der Waals surface area contributed by atoms with E-state index in [1.807, 2.05) is 45.0 Å². The second-order valence-electron chi connectivity index (χ2n) is 9.85. The lowest BCUT2D eigenvalue weighted by Crippen LogP contribution is -2.39. The largest absolute Gasteiger partial charge is 0.443 e. The van der Waals surface area contributed by atoms with Gasteiger partial charge in [-0.05, 0) is 32.4 Å². The van der Waals surface area contributed by atoms with Crippen LogP contribution in [0.15, 0.2) is 40.2 Å². The molecule has 0 radical (unpaired) electrons. The molecule has 1 aliphatic rings. The summed E-state index contributed by atoms with van der Waals surface area (Å²) in [5.74, 6) is 0.304. The van der Waals surface area contributed by atoms with Gasteiger partial charge in [0.2, 0.25) is 15.9 Å². The first-order chi connectivity index (χ1) is 18.2. The first-order valence-corrected chi connectivity index (χ1v) is 15.1. The predicted octanol–water partition coefficient (Wildman–Crippen LogP) is 4.35. The SMILES string of the molecule is CN(Cc1ccc(C2=NCCN2C(=O)OC(C)(C)C)cc1)C(=O)COCCN(C)S(=O)(=O)c1cc(Cl)sc1Cl. The molecule has 14 heteroatoms. The molecule has 0 N–H and O–H groups in total.